The maximum absolute atomic E-state index is 12.3. The number of hydrogen-bond donors (Lipinski definition) is 1. The smallest absolute Gasteiger partial charge is 0.326 e. The summed E-state index contributed by atoms with van der Waals surface area (Å²) in [5, 5.41) is 3.34. The van der Waals surface area contributed by atoms with Crippen molar-refractivity contribution in [2.24, 2.45) is 0 Å². The molecule has 0 aliphatic carbocycles. The van der Waals surface area contributed by atoms with E-state index in [1.165, 1.54) is 7.11 Å². The molecule has 0 aromatic rings. The lowest BCUT2D eigenvalue weighted by Gasteiger charge is -2.47. The Labute approximate surface area is 109 Å². The number of piperazine rings is 1. The van der Waals surface area contributed by atoms with Crippen molar-refractivity contribution in [1.29, 1.82) is 0 Å². The van der Waals surface area contributed by atoms with Crippen LogP contribution in [0.3, 0.4) is 0 Å². The molecule has 2 heterocycles. The first-order valence-corrected chi connectivity index (χ1v) is 6.99. The van der Waals surface area contributed by atoms with E-state index >= 15 is 0 Å². The number of methoxy groups -OCH3 is 1. The molecule has 1 N–H and O–H groups in total. The van der Waals surface area contributed by atoms with Crippen molar-refractivity contribution in [3.8, 4) is 0 Å². The molecule has 0 saturated carbocycles. The Morgan fingerprint density at radius 3 is 2.33 bits per heavy atom. The zero-order valence-corrected chi connectivity index (χ0v) is 11.6. The lowest BCUT2D eigenvalue weighted by atomic mass is 9.85. The Bertz CT molecular complexity index is 282. The summed E-state index contributed by atoms with van der Waals surface area (Å²) >= 11 is 0. The maximum atomic E-state index is 12.3. The molecule has 0 amide bonds. The summed E-state index contributed by atoms with van der Waals surface area (Å²) in [6.07, 6.45) is 1.79. The molecule has 2 aliphatic rings. The Morgan fingerprint density at radius 1 is 1.22 bits per heavy atom. The van der Waals surface area contributed by atoms with Crippen LogP contribution >= 0.6 is 0 Å². The highest BCUT2D eigenvalue weighted by atomic mass is 16.5. The molecule has 2 aliphatic heterocycles. The van der Waals surface area contributed by atoms with E-state index < -0.39 is 0 Å². The van der Waals surface area contributed by atoms with Crippen LogP contribution in [-0.4, -0.2) is 74.2 Å². The predicted octanol–water partition coefficient (Wildman–Crippen LogP) is -0.0809. The van der Waals surface area contributed by atoms with E-state index in [2.05, 4.69) is 22.0 Å². The third-order valence-electron chi connectivity index (χ3n) is 4.42. The van der Waals surface area contributed by atoms with E-state index in [9.17, 15) is 4.79 Å². The van der Waals surface area contributed by atoms with Crippen LogP contribution in [0.5, 0.6) is 0 Å². The topological polar surface area (TPSA) is 44.8 Å². The summed E-state index contributed by atoms with van der Waals surface area (Å²) in [6.45, 7) is 9.06. The molecule has 2 rings (SSSR count). The van der Waals surface area contributed by atoms with E-state index in [1.807, 2.05) is 0 Å². The van der Waals surface area contributed by atoms with Crippen LogP contribution in [-0.2, 0) is 9.53 Å². The number of hydrogen-bond acceptors (Lipinski definition) is 5. The van der Waals surface area contributed by atoms with Gasteiger partial charge in [0.1, 0.15) is 5.54 Å². The molecule has 0 radical (unpaired) electrons. The SMILES string of the molecule is CCN1CCC(C(=O)OC)(N2CCNCC2)CC1. The molecule has 5 nitrogen and oxygen atoms in total. The van der Waals surface area contributed by atoms with Gasteiger partial charge in [0, 0.05) is 39.3 Å². The van der Waals surface area contributed by atoms with Crippen molar-refractivity contribution >= 4 is 5.97 Å². The number of carbonyl (C=O) groups excluding carboxylic acids is 1. The number of nitrogens with one attached hydrogen (secondary N) is 1. The molecular formula is C13H25N3O2. The summed E-state index contributed by atoms with van der Waals surface area (Å²) in [5.41, 5.74) is -0.372. The van der Waals surface area contributed by atoms with Gasteiger partial charge < -0.3 is 15.0 Å². The van der Waals surface area contributed by atoms with Crippen LogP contribution in [0, 0.1) is 0 Å². The molecule has 0 bridgehead atoms. The first-order valence-electron chi connectivity index (χ1n) is 6.99. The van der Waals surface area contributed by atoms with Gasteiger partial charge in [-0.2, -0.15) is 0 Å². The second-order valence-corrected chi connectivity index (χ2v) is 5.19. The number of carbonyl (C=O) groups is 1. The second-order valence-electron chi connectivity index (χ2n) is 5.19. The van der Waals surface area contributed by atoms with Gasteiger partial charge in [0.2, 0.25) is 0 Å². The fraction of sp³-hybridized carbons (Fsp3) is 0.923. The zero-order chi connectivity index (χ0) is 13.0. The van der Waals surface area contributed by atoms with Gasteiger partial charge in [-0.1, -0.05) is 6.92 Å². The lowest BCUT2D eigenvalue weighted by molar-refractivity contribution is -0.160. The quantitative estimate of drug-likeness (QED) is 0.715. The van der Waals surface area contributed by atoms with Crippen molar-refractivity contribution in [3.63, 3.8) is 0 Å². The number of piperidine rings is 1. The largest absolute Gasteiger partial charge is 0.468 e. The highest BCUT2D eigenvalue weighted by molar-refractivity contribution is 5.81. The van der Waals surface area contributed by atoms with E-state index in [4.69, 9.17) is 4.74 Å². The second kappa shape index (κ2) is 5.99. The van der Waals surface area contributed by atoms with Gasteiger partial charge >= 0.3 is 5.97 Å². The van der Waals surface area contributed by atoms with Gasteiger partial charge in [0.05, 0.1) is 7.11 Å². The standard InChI is InChI=1S/C13H25N3O2/c1-3-15-8-4-13(5-9-15,12(17)18-2)16-10-6-14-7-11-16/h14H,3-11H2,1-2H3. The molecule has 104 valence electrons. The number of ether oxygens (including phenoxy) is 1. The van der Waals surface area contributed by atoms with Crippen molar-refractivity contribution in [2.45, 2.75) is 25.3 Å². The van der Waals surface area contributed by atoms with Crippen LogP contribution in [0.4, 0.5) is 0 Å². The van der Waals surface area contributed by atoms with Crippen molar-refractivity contribution < 1.29 is 9.53 Å². The van der Waals surface area contributed by atoms with E-state index in [0.29, 0.717) is 0 Å². The molecule has 0 spiro atoms. The lowest BCUT2D eigenvalue weighted by Crippen LogP contribution is -2.64. The highest BCUT2D eigenvalue weighted by Gasteiger charge is 2.47. The summed E-state index contributed by atoms with van der Waals surface area (Å²) in [7, 11) is 1.51. The number of esters is 1. The minimum absolute atomic E-state index is 0.0415. The van der Waals surface area contributed by atoms with Gasteiger partial charge in [-0.15, -0.1) is 0 Å². The molecule has 2 saturated heterocycles. The monoisotopic (exact) mass is 255 g/mol. The average Bonchev–Trinajstić information content (AvgIpc) is 2.47. The first kappa shape index (κ1) is 13.8. The molecule has 0 aromatic carbocycles. The molecule has 0 aromatic heterocycles. The first-order chi connectivity index (χ1) is 8.73. The molecule has 18 heavy (non-hydrogen) atoms. The fourth-order valence-electron chi connectivity index (χ4n) is 3.17. The molecule has 0 atom stereocenters. The zero-order valence-electron chi connectivity index (χ0n) is 11.6. The normalized spacial score (nSPS) is 25.9. The third kappa shape index (κ3) is 2.53. The number of likely N-dealkylation sites (tertiary alicyclic amines) is 1. The summed E-state index contributed by atoms with van der Waals surface area (Å²) in [5.74, 6) is -0.0415. The van der Waals surface area contributed by atoms with Gasteiger partial charge in [0.25, 0.3) is 0 Å². The van der Waals surface area contributed by atoms with E-state index in [0.717, 1.165) is 58.7 Å². The number of nitrogens with zero attached hydrogens (tertiary/aromatic N) is 2. The Kier molecular flexibility index (Phi) is 4.59. The van der Waals surface area contributed by atoms with Crippen molar-refractivity contribution in [1.82, 2.24) is 15.1 Å². The fourth-order valence-corrected chi connectivity index (χ4v) is 3.17. The summed E-state index contributed by atoms with van der Waals surface area (Å²) in [6, 6.07) is 0. The Hall–Kier alpha value is -0.650. The van der Waals surface area contributed by atoms with E-state index in [1.54, 1.807) is 0 Å². The molecular weight excluding hydrogens is 230 g/mol. The van der Waals surface area contributed by atoms with Gasteiger partial charge in [-0.25, -0.2) is 0 Å². The highest BCUT2D eigenvalue weighted by Crippen LogP contribution is 2.30. The molecule has 2 fully saturated rings. The van der Waals surface area contributed by atoms with Crippen LogP contribution in [0.15, 0.2) is 0 Å². The minimum Gasteiger partial charge on any atom is -0.468 e. The summed E-state index contributed by atoms with van der Waals surface area (Å²) < 4.78 is 5.10. The van der Waals surface area contributed by atoms with Crippen LogP contribution in [0.2, 0.25) is 0 Å². The summed E-state index contributed by atoms with van der Waals surface area (Å²) in [4.78, 5) is 17.0. The van der Waals surface area contributed by atoms with Gasteiger partial charge in [-0.05, 0) is 19.4 Å². The Balaban J connectivity index is 2.11. The molecule has 0 unspecified atom stereocenters. The van der Waals surface area contributed by atoms with Crippen LogP contribution < -0.4 is 5.32 Å². The van der Waals surface area contributed by atoms with Gasteiger partial charge in [0.15, 0.2) is 0 Å². The van der Waals surface area contributed by atoms with Crippen molar-refractivity contribution in [2.75, 3.05) is 52.9 Å². The predicted molar refractivity (Wildman–Crippen MR) is 70.5 cm³/mol. The maximum Gasteiger partial charge on any atom is 0.326 e. The van der Waals surface area contributed by atoms with Crippen molar-refractivity contribution in [3.05, 3.63) is 0 Å². The van der Waals surface area contributed by atoms with Crippen LogP contribution in [0.25, 0.3) is 0 Å². The molecule has 5 heteroatoms. The van der Waals surface area contributed by atoms with Gasteiger partial charge in [-0.3, -0.25) is 9.69 Å². The van der Waals surface area contributed by atoms with E-state index in [-0.39, 0.29) is 11.5 Å². The minimum atomic E-state index is -0.372. The Morgan fingerprint density at radius 2 is 1.83 bits per heavy atom. The third-order valence-corrected chi connectivity index (χ3v) is 4.42. The average molecular weight is 255 g/mol. The van der Waals surface area contributed by atoms with Crippen LogP contribution in [0.1, 0.15) is 19.8 Å². The number of rotatable bonds is 3.